The van der Waals surface area contributed by atoms with Gasteiger partial charge in [-0.3, -0.25) is 25.0 Å². The molecule has 4 N–H and O–H groups in total. The lowest BCUT2D eigenvalue weighted by Gasteiger charge is -2.32. The summed E-state index contributed by atoms with van der Waals surface area (Å²) >= 11 is 5.82. The second-order valence-corrected chi connectivity index (χ2v) is 19.7. The Kier molecular flexibility index (Phi) is 35.6. The van der Waals surface area contributed by atoms with E-state index in [0.29, 0.717) is 46.1 Å². The van der Waals surface area contributed by atoms with Crippen LogP contribution in [0.2, 0.25) is 0 Å². The standard InChI is InChI=1S/C28H47NO14S.C19H27BrN2O8S/c1-22(27(33)37-3)16-44-17-23-14-25(36-2)26(15-24(23)29(34)35)43-13-12-38-10-11-42-21-28(18-39-7-4-30,19-40-8-5-31)20-41-9-6-32;1-19(2,3)30-18(24)21-13(17(23)28-5)11-31-10-12-8-15(27-4)16(29-7-6-20)9-14(12)22(25)26/h14-15,22,30-32H,4-13,16-21H2,1-3H3;8-9,13H,6-7,10-11H2,1-5H3,(H,21,24)/t;13-/m.0/s1. The maximum Gasteiger partial charge on any atom is 0.408 e. The summed E-state index contributed by atoms with van der Waals surface area (Å²) in [4.78, 5) is 57.9. The lowest BCUT2D eigenvalue weighted by Crippen LogP contribution is -2.45. The molecule has 428 valence electrons. The van der Waals surface area contributed by atoms with Crippen LogP contribution in [0.25, 0.3) is 0 Å². The molecule has 0 aromatic heterocycles. The number of esters is 2. The van der Waals surface area contributed by atoms with Gasteiger partial charge in [-0.15, -0.1) is 0 Å². The van der Waals surface area contributed by atoms with E-state index in [2.05, 4.69) is 21.2 Å². The van der Waals surface area contributed by atoms with Crippen LogP contribution in [-0.2, 0) is 59.0 Å². The molecule has 0 aliphatic carbocycles. The monoisotopic (exact) mass is 1180 g/mol. The molecular weight excluding hydrogens is 1100 g/mol. The average molecular weight is 1180 g/mol. The number of rotatable bonds is 39. The molecule has 0 aliphatic heterocycles. The first-order chi connectivity index (χ1) is 35.8. The van der Waals surface area contributed by atoms with Crippen molar-refractivity contribution >= 4 is 68.9 Å². The summed E-state index contributed by atoms with van der Waals surface area (Å²) in [5, 5.41) is 53.5. The van der Waals surface area contributed by atoms with E-state index in [0.717, 1.165) is 0 Å². The molecule has 0 saturated heterocycles. The van der Waals surface area contributed by atoms with E-state index in [9.17, 15) is 34.6 Å². The number of carbonyl (C=O) groups excluding carboxylic acids is 3. The average Bonchev–Trinajstić information content (AvgIpc) is 3.37. The molecule has 0 radical (unpaired) electrons. The number of aliphatic hydroxyl groups is 3. The molecular formula is C47H74BrN3O22S2. The summed E-state index contributed by atoms with van der Waals surface area (Å²) in [6.07, 6.45) is -0.760. The van der Waals surface area contributed by atoms with Crippen LogP contribution in [0.15, 0.2) is 24.3 Å². The zero-order valence-corrected chi connectivity index (χ0v) is 47.0. The van der Waals surface area contributed by atoms with Crippen LogP contribution in [-0.4, -0.2) is 199 Å². The lowest BCUT2D eigenvalue weighted by atomic mass is 9.92. The van der Waals surface area contributed by atoms with E-state index in [-0.39, 0.29) is 139 Å². The summed E-state index contributed by atoms with van der Waals surface area (Å²) in [5.74, 6) is 0.880. The summed E-state index contributed by atoms with van der Waals surface area (Å²) < 4.78 is 64.4. The highest BCUT2D eigenvalue weighted by atomic mass is 79.9. The van der Waals surface area contributed by atoms with Gasteiger partial charge in [-0.25, -0.2) is 9.59 Å². The SMILES string of the molecule is COC(=O)C(C)CSCc1cc(OC)c(OCCOCCOCC(COCCO)(COCCO)COCCO)cc1[N+](=O)[O-].COC(=O)[C@H](CSCc1cc(OC)c(OCCBr)cc1[N+](=O)[O-])NC(=O)OC(C)(C)C. The van der Waals surface area contributed by atoms with Crippen molar-refractivity contribution in [2.45, 2.75) is 50.8 Å². The highest BCUT2D eigenvalue weighted by Crippen LogP contribution is 2.38. The van der Waals surface area contributed by atoms with Crippen molar-refractivity contribution in [1.29, 1.82) is 0 Å². The van der Waals surface area contributed by atoms with Gasteiger partial charge < -0.3 is 77.5 Å². The molecule has 1 unspecified atom stereocenters. The predicted octanol–water partition coefficient (Wildman–Crippen LogP) is 4.75. The van der Waals surface area contributed by atoms with E-state index in [1.807, 2.05) is 0 Å². The smallest absolute Gasteiger partial charge is 0.408 e. The minimum absolute atomic E-state index is 0.0984. The number of ether oxygens (including phenoxy) is 12. The maximum atomic E-state index is 12.0. The summed E-state index contributed by atoms with van der Waals surface area (Å²) in [6, 6.07) is 4.74. The van der Waals surface area contributed by atoms with Crippen LogP contribution in [0, 0.1) is 31.6 Å². The summed E-state index contributed by atoms with van der Waals surface area (Å²) in [5.41, 5.74) is -0.889. The Balaban J connectivity index is 0.000000796. The van der Waals surface area contributed by atoms with E-state index in [4.69, 9.17) is 72.2 Å². The number of alkyl halides is 1. The van der Waals surface area contributed by atoms with Crippen LogP contribution in [0.4, 0.5) is 16.2 Å². The van der Waals surface area contributed by atoms with E-state index >= 15 is 0 Å². The number of hydrogen-bond acceptors (Lipinski definition) is 24. The van der Waals surface area contributed by atoms with E-state index in [1.165, 1.54) is 70.2 Å². The van der Waals surface area contributed by atoms with Crippen LogP contribution < -0.4 is 24.3 Å². The lowest BCUT2D eigenvalue weighted by molar-refractivity contribution is -0.385. The topological polar surface area (TPSA) is 321 Å². The van der Waals surface area contributed by atoms with Gasteiger partial charge in [0.2, 0.25) is 0 Å². The Morgan fingerprint density at radius 1 is 0.627 bits per heavy atom. The Bertz CT molecular complexity index is 1970. The van der Waals surface area contributed by atoms with Gasteiger partial charge >= 0.3 is 18.0 Å². The molecule has 0 heterocycles. The Hall–Kier alpha value is -4.49. The third-order valence-electron chi connectivity index (χ3n) is 9.60. The molecule has 28 heteroatoms. The Morgan fingerprint density at radius 3 is 1.47 bits per heavy atom. The van der Waals surface area contributed by atoms with Crippen LogP contribution in [0.3, 0.4) is 0 Å². The number of nitrogens with zero attached hydrogens (tertiary/aromatic N) is 2. The molecule has 0 bridgehead atoms. The van der Waals surface area contributed by atoms with Crippen molar-refractivity contribution in [2.24, 2.45) is 11.3 Å². The zero-order valence-electron chi connectivity index (χ0n) is 43.8. The largest absolute Gasteiger partial charge is 0.493 e. The second kappa shape index (κ2) is 39.0. The van der Waals surface area contributed by atoms with Crippen molar-refractivity contribution in [3.05, 3.63) is 55.6 Å². The van der Waals surface area contributed by atoms with Gasteiger partial charge in [-0.2, -0.15) is 23.5 Å². The summed E-state index contributed by atoms with van der Waals surface area (Å²) in [7, 11) is 5.41. The molecule has 2 atom stereocenters. The minimum Gasteiger partial charge on any atom is -0.493 e. The third kappa shape index (κ3) is 27.9. The minimum atomic E-state index is -0.979. The molecule has 2 rings (SSSR count). The van der Waals surface area contributed by atoms with Crippen molar-refractivity contribution < 1.29 is 96.4 Å². The molecule has 0 saturated carbocycles. The van der Waals surface area contributed by atoms with Crippen molar-refractivity contribution in [3.63, 3.8) is 0 Å². The van der Waals surface area contributed by atoms with Crippen molar-refractivity contribution in [1.82, 2.24) is 5.32 Å². The van der Waals surface area contributed by atoms with Gasteiger partial charge in [-0.1, -0.05) is 22.9 Å². The fourth-order valence-electron chi connectivity index (χ4n) is 6.14. The Morgan fingerprint density at radius 2 is 1.05 bits per heavy atom. The van der Waals surface area contributed by atoms with Gasteiger partial charge in [0.05, 0.1) is 154 Å². The van der Waals surface area contributed by atoms with Crippen LogP contribution in [0.1, 0.15) is 38.8 Å². The number of amides is 1. The van der Waals surface area contributed by atoms with Gasteiger partial charge in [0.25, 0.3) is 11.4 Å². The molecule has 75 heavy (non-hydrogen) atoms. The molecule has 1 amide bonds. The second-order valence-electron chi connectivity index (χ2n) is 16.8. The quantitative estimate of drug-likeness (QED) is 0.0175. The molecule has 2 aromatic rings. The van der Waals surface area contributed by atoms with Crippen LogP contribution in [0.5, 0.6) is 23.0 Å². The van der Waals surface area contributed by atoms with Gasteiger partial charge in [0.1, 0.15) is 18.2 Å². The fraction of sp³-hybridized carbons (Fsp3) is 0.681. The highest BCUT2D eigenvalue weighted by molar-refractivity contribution is 9.09. The van der Waals surface area contributed by atoms with Gasteiger partial charge in [0, 0.05) is 39.5 Å². The molecule has 0 fully saturated rings. The highest BCUT2D eigenvalue weighted by Gasteiger charge is 2.33. The first-order valence-corrected chi connectivity index (χ1v) is 26.8. The molecule has 25 nitrogen and oxygen atoms in total. The number of hydrogen-bond donors (Lipinski definition) is 4. The first-order valence-electron chi connectivity index (χ1n) is 23.3. The van der Waals surface area contributed by atoms with E-state index in [1.54, 1.807) is 33.8 Å². The van der Waals surface area contributed by atoms with Crippen molar-refractivity contribution in [3.8, 4) is 23.0 Å². The Labute approximate surface area is 453 Å². The first kappa shape index (κ1) is 68.5. The number of nitro benzene ring substituents is 2. The molecule has 0 aliphatic rings. The van der Waals surface area contributed by atoms with Gasteiger partial charge in [0.15, 0.2) is 23.0 Å². The van der Waals surface area contributed by atoms with Gasteiger partial charge in [-0.05, 0) is 32.9 Å². The molecule has 2 aromatic carbocycles. The summed E-state index contributed by atoms with van der Waals surface area (Å²) in [6.45, 7) is 8.44. The number of nitrogens with one attached hydrogen (secondary N) is 1. The molecule has 0 spiro atoms. The number of halogens is 1. The number of nitro groups is 2. The van der Waals surface area contributed by atoms with Crippen LogP contribution >= 0.6 is 39.5 Å². The number of methoxy groups -OCH3 is 4. The number of thioether (sulfide) groups is 2. The maximum absolute atomic E-state index is 12.0. The fourth-order valence-corrected chi connectivity index (χ4v) is 8.38. The normalized spacial score (nSPS) is 12.1. The number of benzene rings is 2. The third-order valence-corrected chi connectivity index (χ3v) is 12.3. The number of alkyl carbamates (subject to hydrolysis) is 1. The number of aliphatic hydroxyl groups excluding tert-OH is 3. The zero-order chi connectivity index (χ0) is 56.2. The van der Waals surface area contributed by atoms with Crippen molar-refractivity contribution in [2.75, 3.05) is 144 Å². The number of carbonyl (C=O) groups is 3. The van der Waals surface area contributed by atoms with E-state index < -0.39 is 39.0 Å². The predicted molar refractivity (Wildman–Crippen MR) is 281 cm³/mol.